The number of ether oxygens (including phenoxy) is 3. The molecule has 0 bridgehead atoms. The number of rotatable bonds is 7. The Kier molecular flexibility index (Phi) is 8.47. The van der Waals surface area contributed by atoms with Crippen LogP contribution in [0, 0.1) is 0 Å². The van der Waals surface area contributed by atoms with Gasteiger partial charge >= 0.3 is 10.4 Å². The number of hydrogen-bond donors (Lipinski definition) is 8. The van der Waals surface area contributed by atoms with E-state index in [1.54, 1.807) is 0 Å². The summed E-state index contributed by atoms with van der Waals surface area (Å²) in [5.41, 5.74) is 0. The van der Waals surface area contributed by atoms with Gasteiger partial charge in [-0.25, -0.2) is 4.18 Å². The van der Waals surface area contributed by atoms with Crippen molar-refractivity contribution in [2.75, 3.05) is 13.2 Å². The van der Waals surface area contributed by atoms with E-state index in [0.717, 1.165) is 6.92 Å². The Labute approximate surface area is 170 Å². The Balaban J connectivity index is 2.17. The zero-order chi connectivity index (χ0) is 22.8. The zero-order valence-electron chi connectivity index (χ0n) is 15.6. The van der Waals surface area contributed by atoms with Crippen molar-refractivity contribution in [1.29, 1.82) is 0 Å². The van der Waals surface area contributed by atoms with Gasteiger partial charge < -0.3 is 50.2 Å². The smallest absolute Gasteiger partial charge is 0.394 e. The Morgan fingerprint density at radius 1 is 1.00 bits per heavy atom. The maximum atomic E-state index is 11.3. The molecule has 2 rings (SSSR count). The Morgan fingerprint density at radius 3 is 2.17 bits per heavy atom. The van der Waals surface area contributed by atoms with E-state index < -0.39 is 90.9 Å². The molecule has 2 aliphatic heterocycles. The van der Waals surface area contributed by atoms with E-state index in [4.69, 9.17) is 18.8 Å². The Bertz CT molecular complexity index is 690. The summed E-state index contributed by atoms with van der Waals surface area (Å²) in [4.78, 5) is 11.3. The first-order valence-electron chi connectivity index (χ1n) is 8.72. The van der Waals surface area contributed by atoms with Crippen LogP contribution in [0.2, 0.25) is 0 Å². The van der Waals surface area contributed by atoms with Gasteiger partial charge in [0.15, 0.2) is 12.6 Å². The highest BCUT2D eigenvalue weighted by Gasteiger charge is 2.50. The summed E-state index contributed by atoms with van der Waals surface area (Å²) in [5.74, 6) is -0.627. The molecule has 2 aliphatic rings. The molecule has 0 aromatic carbocycles. The molecule has 30 heavy (non-hydrogen) atoms. The number of carbonyl (C=O) groups is 1. The van der Waals surface area contributed by atoms with E-state index in [9.17, 15) is 43.9 Å². The minimum atomic E-state index is -4.91. The minimum absolute atomic E-state index is 0.627. The lowest BCUT2D eigenvalue weighted by Gasteiger charge is -2.46. The molecule has 16 heteroatoms. The molecule has 2 saturated heterocycles. The fourth-order valence-corrected chi connectivity index (χ4v) is 3.42. The van der Waals surface area contributed by atoms with Gasteiger partial charge in [0.05, 0.1) is 13.2 Å². The van der Waals surface area contributed by atoms with Gasteiger partial charge in [0.1, 0.15) is 48.8 Å². The number of aliphatic hydroxyl groups is 6. The molecule has 2 fully saturated rings. The predicted molar refractivity (Wildman–Crippen MR) is 90.6 cm³/mol. The highest BCUT2D eigenvalue weighted by Crippen LogP contribution is 2.29. The van der Waals surface area contributed by atoms with Crippen LogP contribution in [0.3, 0.4) is 0 Å². The van der Waals surface area contributed by atoms with Crippen LogP contribution < -0.4 is 5.32 Å². The largest absolute Gasteiger partial charge is 0.397 e. The van der Waals surface area contributed by atoms with Crippen LogP contribution in [0.15, 0.2) is 0 Å². The molecule has 0 aliphatic carbocycles. The van der Waals surface area contributed by atoms with Crippen molar-refractivity contribution in [3.8, 4) is 0 Å². The van der Waals surface area contributed by atoms with Crippen LogP contribution in [0.25, 0.3) is 0 Å². The zero-order valence-corrected chi connectivity index (χ0v) is 16.4. The Hall–Kier alpha value is -1.02. The average molecular weight is 463 g/mol. The second-order valence-electron chi connectivity index (χ2n) is 6.79. The third kappa shape index (κ3) is 6.02. The van der Waals surface area contributed by atoms with E-state index >= 15 is 0 Å². The van der Waals surface area contributed by atoms with Crippen molar-refractivity contribution in [2.45, 2.75) is 68.3 Å². The van der Waals surface area contributed by atoms with Gasteiger partial charge in [0.25, 0.3) is 0 Å². The van der Waals surface area contributed by atoms with Crippen LogP contribution in [0.5, 0.6) is 0 Å². The molecule has 8 N–H and O–H groups in total. The molecule has 1 amide bonds. The number of hydrogen-bond acceptors (Lipinski definition) is 13. The lowest BCUT2D eigenvalue weighted by molar-refractivity contribution is -0.344. The first-order valence-corrected chi connectivity index (χ1v) is 10.1. The molecular weight excluding hydrogens is 438 g/mol. The van der Waals surface area contributed by atoms with Gasteiger partial charge in [0.2, 0.25) is 5.91 Å². The van der Waals surface area contributed by atoms with Crippen LogP contribution in [-0.2, 0) is 33.6 Å². The molecule has 10 unspecified atom stereocenters. The first kappa shape index (κ1) is 25.2. The Morgan fingerprint density at radius 2 is 1.63 bits per heavy atom. The van der Waals surface area contributed by atoms with Gasteiger partial charge in [-0.2, -0.15) is 8.42 Å². The van der Waals surface area contributed by atoms with Crippen molar-refractivity contribution in [1.82, 2.24) is 5.32 Å². The molecule has 10 atom stereocenters. The van der Waals surface area contributed by atoms with Gasteiger partial charge in [-0.15, -0.1) is 0 Å². The summed E-state index contributed by atoms with van der Waals surface area (Å²) in [6, 6.07) is -1.38. The van der Waals surface area contributed by atoms with Crippen molar-refractivity contribution >= 4 is 16.3 Å². The molecule has 2 heterocycles. The van der Waals surface area contributed by atoms with Crippen molar-refractivity contribution in [3.63, 3.8) is 0 Å². The number of amides is 1. The maximum absolute atomic E-state index is 11.3. The summed E-state index contributed by atoms with van der Waals surface area (Å²) in [6.07, 6.45) is -15.3. The number of aliphatic hydroxyl groups excluding tert-OH is 6. The van der Waals surface area contributed by atoms with Crippen molar-refractivity contribution in [2.24, 2.45) is 0 Å². The van der Waals surface area contributed by atoms with Crippen LogP contribution in [0.1, 0.15) is 6.92 Å². The SMILES string of the molecule is CC(=O)NC1C(O)OC(CO)C(OC2OC(COS(=O)(=O)O)C(O)C(O)C2O)C1O. The molecule has 0 aromatic heterocycles. The normalized spacial score (nSPS) is 42.7. The quantitative estimate of drug-likeness (QED) is 0.164. The highest BCUT2D eigenvalue weighted by atomic mass is 32.3. The standard InChI is InChI=1S/C14H25NO14S/c1-4(17)15-7-9(19)12(5(2-16)27-13(7)22)29-14-11(21)10(20)8(18)6(28-14)3-26-30(23,24)25/h5-14,16,18-22H,2-3H2,1H3,(H,15,17)(H,23,24,25). The summed E-state index contributed by atoms with van der Waals surface area (Å²) in [5, 5.41) is 62.1. The second-order valence-corrected chi connectivity index (χ2v) is 7.88. The van der Waals surface area contributed by atoms with Crippen molar-refractivity contribution < 1.29 is 66.8 Å². The predicted octanol–water partition coefficient (Wildman–Crippen LogP) is -5.43. The minimum Gasteiger partial charge on any atom is -0.394 e. The van der Waals surface area contributed by atoms with Crippen LogP contribution in [-0.4, -0.2) is 124 Å². The second kappa shape index (κ2) is 10.1. The fourth-order valence-electron chi connectivity index (χ4n) is 3.12. The van der Waals surface area contributed by atoms with E-state index in [2.05, 4.69) is 9.50 Å². The molecule has 0 radical (unpaired) electrons. The lowest BCUT2D eigenvalue weighted by atomic mass is 9.95. The first-order chi connectivity index (χ1) is 13.9. The third-order valence-corrected chi connectivity index (χ3v) is 5.02. The van der Waals surface area contributed by atoms with Gasteiger partial charge in [-0.1, -0.05) is 0 Å². The monoisotopic (exact) mass is 463 g/mol. The summed E-state index contributed by atoms with van der Waals surface area (Å²) in [6.45, 7) is -0.613. The molecule has 176 valence electrons. The molecular formula is C14H25NO14S. The maximum Gasteiger partial charge on any atom is 0.397 e. The molecule has 0 spiro atoms. The van der Waals surface area contributed by atoms with Crippen LogP contribution >= 0.6 is 0 Å². The molecule has 15 nitrogen and oxygen atoms in total. The van der Waals surface area contributed by atoms with Crippen molar-refractivity contribution in [3.05, 3.63) is 0 Å². The lowest BCUT2D eigenvalue weighted by Crippen LogP contribution is -2.67. The molecule has 0 saturated carbocycles. The van der Waals surface area contributed by atoms with Crippen LogP contribution in [0.4, 0.5) is 0 Å². The fraction of sp³-hybridized carbons (Fsp3) is 0.929. The molecule has 0 aromatic rings. The van der Waals surface area contributed by atoms with E-state index in [0.29, 0.717) is 0 Å². The van der Waals surface area contributed by atoms with Gasteiger partial charge in [-0.3, -0.25) is 9.35 Å². The van der Waals surface area contributed by atoms with Gasteiger partial charge in [-0.05, 0) is 0 Å². The van der Waals surface area contributed by atoms with E-state index in [1.807, 2.05) is 0 Å². The number of nitrogens with one attached hydrogen (secondary N) is 1. The third-order valence-electron chi connectivity index (χ3n) is 4.58. The summed E-state index contributed by atoms with van der Waals surface area (Å²) in [7, 11) is -4.91. The summed E-state index contributed by atoms with van der Waals surface area (Å²) >= 11 is 0. The van der Waals surface area contributed by atoms with Gasteiger partial charge in [0, 0.05) is 6.92 Å². The topological polar surface area (TPSA) is 242 Å². The van der Waals surface area contributed by atoms with E-state index in [1.165, 1.54) is 0 Å². The highest BCUT2D eigenvalue weighted by molar-refractivity contribution is 7.80. The van der Waals surface area contributed by atoms with E-state index in [-0.39, 0.29) is 0 Å². The average Bonchev–Trinajstić information content (AvgIpc) is 2.65. The summed E-state index contributed by atoms with van der Waals surface area (Å²) < 4.78 is 49.9. The number of carbonyl (C=O) groups excluding carboxylic acids is 1.